The van der Waals surface area contributed by atoms with Crippen LogP contribution in [-0.4, -0.2) is 40.4 Å². The van der Waals surface area contributed by atoms with Crippen molar-refractivity contribution < 1.29 is 31.9 Å². The van der Waals surface area contributed by atoms with Crippen molar-refractivity contribution in [3.63, 3.8) is 0 Å². The van der Waals surface area contributed by atoms with Crippen molar-refractivity contribution in [2.24, 2.45) is 0 Å². The number of rotatable bonds is 11. The van der Waals surface area contributed by atoms with Crippen molar-refractivity contribution in [2.45, 2.75) is 70.7 Å². The summed E-state index contributed by atoms with van der Waals surface area (Å²) >= 11 is 0. The lowest BCUT2D eigenvalue weighted by Crippen LogP contribution is -2.66. The number of halogens is 3. The summed E-state index contributed by atoms with van der Waals surface area (Å²) < 4.78 is 71.3. The van der Waals surface area contributed by atoms with E-state index in [9.17, 15) is 9.67 Å². The van der Waals surface area contributed by atoms with Crippen LogP contribution in [0.2, 0.25) is 0 Å². The summed E-state index contributed by atoms with van der Waals surface area (Å²) in [5.41, 5.74) is -3.48. The topological polar surface area (TPSA) is 55.8 Å². The Morgan fingerprint density at radius 3 is 1.28 bits per heavy atom. The van der Waals surface area contributed by atoms with Gasteiger partial charge in [-0.25, -0.2) is 0 Å². The van der Waals surface area contributed by atoms with Crippen molar-refractivity contribution in [3.05, 3.63) is 91.0 Å². The lowest BCUT2D eigenvalue weighted by atomic mass is 9.90. The second kappa shape index (κ2) is 11.8. The van der Waals surface area contributed by atoms with Gasteiger partial charge in [0.1, 0.15) is 28.3 Å². The molecule has 0 aromatic heterocycles. The predicted molar refractivity (Wildman–Crippen MR) is 155 cm³/mol. The molecule has 0 saturated carbocycles. The van der Waals surface area contributed by atoms with Gasteiger partial charge in [-0.1, -0.05) is 54.6 Å². The van der Waals surface area contributed by atoms with Crippen LogP contribution in [-0.2, 0) is 13.6 Å². The minimum atomic E-state index is -5.18. The SMILES string of the molecule is CC(C)OP(=O)(CC(O)(C(F)(F)F)C(C)(C)[P+](c1ccccc1)(c1ccccc1)c1ccccc1)OC(C)C. The average Bonchev–Trinajstić information content (AvgIpc) is 2.84. The third kappa shape index (κ3) is 6.04. The summed E-state index contributed by atoms with van der Waals surface area (Å²) in [4.78, 5) is 0. The minimum Gasteiger partial charge on any atom is -0.377 e. The van der Waals surface area contributed by atoms with Crippen molar-refractivity contribution in [3.8, 4) is 0 Å². The fourth-order valence-corrected chi connectivity index (χ4v) is 13.5. The molecule has 0 amide bonds. The summed E-state index contributed by atoms with van der Waals surface area (Å²) in [5.74, 6) is 0. The quantitative estimate of drug-likeness (QED) is 0.246. The van der Waals surface area contributed by atoms with E-state index >= 15 is 13.2 Å². The molecule has 0 aliphatic carbocycles. The molecule has 3 aromatic carbocycles. The molecule has 1 unspecified atom stereocenters. The molecule has 212 valence electrons. The fourth-order valence-electron chi connectivity index (χ4n) is 5.30. The molecule has 0 spiro atoms. The zero-order chi connectivity index (χ0) is 29.1. The number of benzene rings is 3. The lowest BCUT2D eigenvalue weighted by Gasteiger charge is -2.50. The van der Waals surface area contributed by atoms with E-state index in [4.69, 9.17) is 9.05 Å². The van der Waals surface area contributed by atoms with Gasteiger partial charge >= 0.3 is 13.8 Å². The highest BCUT2D eigenvalue weighted by Gasteiger charge is 2.76. The molecule has 3 rings (SSSR count). The van der Waals surface area contributed by atoms with Crippen molar-refractivity contribution >= 4 is 30.8 Å². The summed E-state index contributed by atoms with van der Waals surface area (Å²) in [7, 11) is -7.77. The van der Waals surface area contributed by atoms with Gasteiger partial charge in [-0.05, 0) is 77.9 Å². The van der Waals surface area contributed by atoms with Crippen LogP contribution >= 0.6 is 14.9 Å². The van der Waals surface area contributed by atoms with E-state index in [2.05, 4.69) is 0 Å². The van der Waals surface area contributed by atoms with Crippen LogP contribution in [0.1, 0.15) is 41.5 Å². The first-order valence-corrected chi connectivity index (χ1v) is 16.4. The summed E-state index contributed by atoms with van der Waals surface area (Å²) in [6.07, 6.45) is -7.81. The molecule has 1 N–H and O–H groups in total. The Balaban J connectivity index is 2.47. The van der Waals surface area contributed by atoms with Crippen LogP contribution in [0.5, 0.6) is 0 Å². The van der Waals surface area contributed by atoms with Crippen LogP contribution in [0, 0.1) is 0 Å². The monoisotopic (exact) mass is 581 g/mol. The van der Waals surface area contributed by atoms with Crippen LogP contribution in [0.4, 0.5) is 13.2 Å². The first-order chi connectivity index (χ1) is 18.1. The molecule has 0 bridgehead atoms. The molecule has 0 radical (unpaired) electrons. The van der Waals surface area contributed by atoms with Crippen LogP contribution in [0.15, 0.2) is 91.0 Å². The van der Waals surface area contributed by atoms with Gasteiger partial charge in [0.05, 0.1) is 18.4 Å². The normalized spacial score (nSPS) is 15.0. The van der Waals surface area contributed by atoms with Gasteiger partial charge in [0.2, 0.25) is 5.60 Å². The molecule has 3 aromatic rings. The number of aliphatic hydroxyl groups is 1. The molecule has 39 heavy (non-hydrogen) atoms. The van der Waals surface area contributed by atoms with E-state index < -0.39 is 50.2 Å². The molecule has 9 heteroatoms. The van der Waals surface area contributed by atoms with Gasteiger partial charge in [0, 0.05) is 0 Å². The molecule has 1 atom stereocenters. The summed E-state index contributed by atoms with van der Waals surface area (Å²) in [5, 5.41) is 12.1. The van der Waals surface area contributed by atoms with E-state index in [-0.39, 0.29) is 0 Å². The van der Waals surface area contributed by atoms with Crippen molar-refractivity contribution in [2.75, 3.05) is 6.16 Å². The lowest BCUT2D eigenvalue weighted by molar-refractivity contribution is -0.261. The number of hydrogen-bond acceptors (Lipinski definition) is 4. The van der Waals surface area contributed by atoms with Crippen molar-refractivity contribution in [1.82, 2.24) is 0 Å². The number of hydrogen-bond donors (Lipinski definition) is 1. The van der Waals surface area contributed by atoms with E-state index in [0.717, 1.165) is 0 Å². The van der Waals surface area contributed by atoms with E-state index in [1.54, 1.807) is 119 Å². The predicted octanol–water partition coefficient (Wildman–Crippen LogP) is 7.10. The molecule has 0 aliphatic heterocycles. The van der Waals surface area contributed by atoms with Gasteiger partial charge in [-0.15, -0.1) is 0 Å². The van der Waals surface area contributed by atoms with Gasteiger partial charge in [-0.3, -0.25) is 4.57 Å². The molecule has 0 fully saturated rings. The second-order valence-electron chi connectivity index (χ2n) is 10.7. The van der Waals surface area contributed by atoms with E-state index in [1.807, 2.05) is 0 Å². The van der Waals surface area contributed by atoms with Crippen LogP contribution < -0.4 is 15.9 Å². The maximum atomic E-state index is 15.4. The Morgan fingerprint density at radius 1 is 0.718 bits per heavy atom. The third-order valence-corrected chi connectivity index (χ3v) is 14.5. The standard InChI is InChI=1S/C30H38F3O4P2/c1-23(2)36-38(35,37-24(3)4)22-29(34,30(31,32)33)28(5,6)39(25-16-10-7-11-17-25,26-18-12-8-13-19-26)27-20-14-9-15-21-27/h7-21,23-24,34H,22H2,1-6H3/q+1. The van der Waals surface area contributed by atoms with Gasteiger partial charge in [0.25, 0.3) is 0 Å². The summed E-state index contributed by atoms with van der Waals surface area (Å²) in [6, 6.07) is 27.0. The van der Waals surface area contributed by atoms with Crippen LogP contribution in [0.25, 0.3) is 0 Å². The largest absolute Gasteiger partial charge is 0.422 e. The fraction of sp³-hybridized carbons (Fsp3) is 0.400. The molecular weight excluding hydrogens is 543 g/mol. The third-order valence-electron chi connectivity index (χ3n) is 6.92. The van der Waals surface area contributed by atoms with Crippen molar-refractivity contribution in [1.29, 1.82) is 0 Å². The molecule has 4 nitrogen and oxygen atoms in total. The van der Waals surface area contributed by atoms with Gasteiger partial charge in [0.15, 0.2) is 0 Å². The Morgan fingerprint density at radius 2 is 1.03 bits per heavy atom. The van der Waals surface area contributed by atoms with E-state index in [1.165, 1.54) is 13.8 Å². The first kappa shape index (κ1) is 31.5. The molecule has 0 aliphatic rings. The zero-order valence-electron chi connectivity index (χ0n) is 23.2. The zero-order valence-corrected chi connectivity index (χ0v) is 25.0. The Kier molecular flexibility index (Phi) is 9.57. The average molecular weight is 582 g/mol. The molecular formula is C30H38F3O4P2+. The first-order valence-electron chi connectivity index (χ1n) is 12.9. The highest BCUT2D eigenvalue weighted by molar-refractivity contribution is 7.97. The Bertz CT molecular complexity index is 1140. The Hall–Kier alpha value is -2.01. The maximum Gasteiger partial charge on any atom is 0.422 e. The molecule has 0 heterocycles. The maximum absolute atomic E-state index is 15.4. The van der Waals surface area contributed by atoms with Crippen LogP contribution in [0.3, 0.4) is 0 Å². The van der Waals surface area contributed by atoms with Gasteiger partial charge < -0.3 is 14.2 Å². The second-order valence-corrected chi connectivity index (χ2v) is 16.6. The highest BCUT2D eigenvalue weighted by Crippen LogP contribution is 2.72. The summed E-state index contributed by atoms with van der Waals surface area (Å²) in [6.45, 7) is 9.14. The molecule has 0 saturated heterocycles. The number of alkyl halides is 3. The van der Waals surface area contributed by atoms with E-state index in [0.29, 0.717) is 15.9 Å². The van der Waals surface area contributed by atoms with Gasteiger partial charge in [-0.2, -0.15) is 13.2 Å². The Labute approximate surface area is 230 Å². The smallest absolute Gasteiger partial charge is 0.377 e. The highest BCUT2D eigenvalue weighted by atomic mass is 31.2. The minimum absolute atomic E-state index is 0.652.